The van der Waals surface area contributed by atoms with E-state index in [1.54, 1.807) is 4.90 Å². The van der Waals surface area contributed by atoms with Crippen molar-refractivity contribution >= 4 is 45.8 Å². The van der Waals surface area contributed by atoms with Crippen molar-refractivity contribution in [3.05, 3.63) is 134 Å². The first-order valence-corrected chi connectivity index (χ1v) is 12.0. The Morgan fingerprint density at radius 1 is 0.879 bits per heavy atom. The molecule has 4 aromatic rings. The number of aryl methyl sites for hydroxylation is 1. The van der Waals surface area contributed by atoms with Crippen molar-refractivity contribution in [3.63, 3.8) is 0 Å². The van der Waals surface area contributed by atoms with Gasteiger partial charge in [0.25, 0.3) is 5.91 Å². The minimum absolute atomic E-state index is 0.111. The van der Waals surface area contributed by atoms with Crippen LogP contribution in [0.4, 0.5) is 5.69 Å². The van der Waals surface area contributed by atoms with E-state index in [9.17, 15) is 4.79 Å². The quantitative estimate of drug-likeness (QED) is 0.185. The first kappa shape index (κ1) is 23.1. The largest absolute Gasteiger partial charge is 0.289 e. The maximum absolute atomic E-state index is 13.9. The molecule has 162 valence electrons. The number of carbonyl (C=O) groups is 1. The molecule has 4 heteroatoms. The molecule has 1 unspecified atom stereocenters. The first-order valence-electron chi connectivity index (χ1n) is 10.5. The molecule has 33 heavy (non-hydrogen) atoms. The number of benzene rings is 4. The standard InChI is InChI=1S/C29H21ClINO/c1-21-12-18-28(26(31)20-21)32(29(33)24-10-6-3-7-11-24)27(23-14-16-25(30)17-15-23)19-13-22-8-4-2-5-9-22/h2-12,14-18,20,27H,1H3. The predicted octanol–water partition coefficient (Wildman–Crippen LogP) is 7.69. The molecule has 0 fully saturated rings. The summed E-state index contributed by atoms with van der Waals surface area (Å²) in [6.45, 7) is 2.04. The Labute approximate surface area is 213 Å². The number of amides is 1. The van der Waals surface area contributed by atoms with Crippen LogP contribution in [0.15, 0.2) is 103 Å². The van der Waals surface area contributed by atoms with Gasteiger partial charge in [0.05, 0.1) is 5.69 Å². The molecule has 4 rings (SSSR count). The van der Waals surface area contributed by atoms with E-state index in [2.05, 4.69) is 40.5 Å². The van der Waals surface area contributed by atoms with Gasteiger partial charge in [-0.2, -0.15) is 0 Å². The van der Waals surface area contributed by atoms with Gasteiger partial charge in [-0.05, 0) is 89.2 Å². The average molecular weight is 562 g/mol. The summed E-state index contributed by atoms with van der Waals surface area (Å²) >= 11 is 8.46. The van der Waals surface area contributed by atoms with E-state index in [0.29, 0.717) is 10.6 Å². The van der Waals surface area contributed by atoms with Crippen molar-refractivity contribution < 1.29 is 4.79 Å². The molecule has 0 radical (unpaired) electrons. The highest BCUT2D eigenvalue weighted by Crippen LogP contribution is 2.33. The molecule has 0 saturated carbocycles. The fourth-order valence-corrected chi connectivity index (χ4v) is 4.56. The van der Waals surface area contributed by atoms with E-state index in [4.69, 9.17) is 11.6 Å². The monoisotopic (exact) mass is 561 g/mol. The van der Waals surface area contributed by atoms with Crippen LogP contribution in [0, 0.1) is 22.3 Å². The maximum Gasteiger partial charge on any atom is 0.259 e. The zero-order valence-electron chi connectivity index (χ0n) is 18.0. The maximum atomic E-state index is 13.9. The van der Waals surface area contributed by atoms with Crippen LogP contribution in [0.1, 0.15) is 33.1 Å². The van der Waals surface area contributed by atoms with Gasteiger partial charge in [-0.1, -0.05) is 78.0 Å². The Kier molecular flexibility index (Phi) is 7.49. The number of hydrogen-bond acceptors (Lipinski definition) is 1. The third kappa shape index (κ3) is 5.65. The van der Waals surface area contributed by atoms with Crippen LogP contribution in [0.2, 0.25) is 5.02 Å². The van der Waals surface area contributed by atoms with Crippen LogP contribution >= 0.6 is 34.2 Å². The topological polar surface area (TPSA) is 20.3 Å². The summed E-state index contributed by atoms with van der Waals surface area (Å²) in [4.78, 5) is 15.7. The smallest absolute Gasteiger partial charge is 0.259 e. The van der Waals surface area contributed by atoms with Gasteiger partial charge in [0.2, 0.25) is 0 Å². The first-order chi connectivity index (χ1) is 16.0. The minimum Gasteiger partial charge on any atom is -0.289 e. The van der Waals surface area contributed by atoms with Crippen molar-refractivity contribution in [1.29, 1.82) is 0 Å². The van der Waals surface area contributed by atoms with Crippen molar-refractivity contribution in [2.24, 2.45) is 0 Å². The highest BCUT2D eigenvalue weighted by molar-refractivity contribution is 14.1. The van der Waals surface area contributed by atoms with Gasteiger partial charge < -0.3 is 0 Å². The summed E-state index contributed by atoms with van der Waals surface area (Å²) in [6.07, 6.45) is 0. The number of anilines is 1. The second-order valence-electron chi connectivity index (χ2n) is 7.59. The molecular formula is C29H21ClINO. The Hall–Kier alpha value is -3.07. The lowest BCUT2D eigenvalue weighted by atomic mass is 10.0. The highest BCUT2D eigenvalue weighted by atomic mass is 127. The van der Waals surface area contributed by atoms with Crippen LogP contribution in [-0.2, 0) is 0 Å². The second-order valence-corrected chi connectivity index (χ2v) is 9.18. The zero-order valence-corrected chi connectivity index (χ0v) is 20.9. The van der Waals surface area contributed by atoms with Crippen molar-refractivity contribution in [3.8, 4) is 11.8 Å². The molecule has 0 aromatic heterocycles. The van der Waals surface area contributed by atoms with Crippen LogP contribution in [0.25, 0.3) is 0 Å². The van der Waals surface area contributed by atoms with Crippen molar-refractivity contribution in [1.82, 2.24) is 0 Å². The predicted molar refractivity (Wildman–Crippen MR) is 145 cm³/mol. The molecular weight excluding hydrogens is 541 g/mol. The summed E-state index contributed by atoms with van der Waals surface area (Å²) in [5.41, 5.74) is 4.34. The summed E-state index contributed by atoms with van der Waals surface area (Å²) in [6, 6.07) is 32.2. The fourth-order valence-electron chi connectivity index (χ4n) is 3.51. The molecule has 0 heterocycles. The van der Waals surface area contributed by atoms with E-state index < -0.39 is 6.04 Å². The Balaban J connectivity index is 1.91. The lowest BCUT2D eigenvalue weighted by Gasteiger charge is -2.30. The van der Waals surface area contributed by atoms with E-state index in [1.807, 2.05) is 104 Å². The Morgan fingerprint density at radius 3 is 2.15 bits per heavy atom. The van der Waals surface area contributed by atoms with Gasteiger partial charge in [0.1, 0.15) is 6.04 Å². The molecule has 0 aliphatic carbocycles. The summed E-state index contributed by atoms with van der Waals surface area (Å²) in [5, 5.41) is 0.638. The van der Waals surface area contributed by atoms with E-state index >= 15 is 0 Å². The van der Waals surface area contributed by atoms with Crippen LogP contribution < -0.4 is 4.90 Å². The van der Waals surface area contributed by atoms with Gasteiger partial charge in [0.15, 0.2) is 0 Å². The third-order valence-corrected chi connectivity index (χ3v) is 6.29. The fraction of sp³-hybridized carbons (Fsp3) is 0.0690. The van der Waals surface area contributed by atoms with Crippen LogP contribution in [0.3, 0.4) is 0 Å². The van der Waals surface area contributed by atoms with Crippen molar-refractivity contribution in [2.45, 2.75) is 13.0 Å². The molecule has 4 aromatic carbocycles. The highest BCUT2D eigenvalue weighted by Gasteiger charge is 2.28. The SMILES string of the molecule is Cc1ccc(N(C(=O)c2ccccc2)C(C#Cc2ccccc2)c2ccc(Cl)cc2)c(I)c1. The van der Waals surface area contributed by atoms with Gasteiger partial charge in [-0.15, -0.1) is 0 Å². The summed E-state index contributed by atoms with van der Waals surface area (Å²) < 4.78 is 0.984. The van der Waals surface area contributed by atoms with E-state index in [-0.39, 0.29) is 5.91 Å². The third-order valence-electron chi connectivity index (χ3n) is 5.17. The lowest BCUT2D eigenvalue weighted by Crippen LogP contribution is -2.35. The molecule has 0 spiro atoms. The summed E-state index contributed by atoms with van der Waals surface area (Å²) in [7, 11) is 0. The van der Waals surface area contributed by atoms with Crippen LogP contribution in [-0.4, -0.2) is 5.91 Å². The molecule has 0 saturated heterocycles. The van der Waals surface area contributed by atoms with E-state index in [0.717, 1.165) is 25.9 Å². The van der Waals surface area contributed by atoms with Crippen LogP contribution in [0.5, 0.6) is 0 Å². The molecule has 0 N–H and O–H groups in total. The molecule has 1 atom stereocenters. The minimum atomic E-state index is -0.508. The molecule has 0 aliphatic rings. The molecule has 1 amide bonds. The van der Waals surface area contributed by atoms with E-state index in [1.165, 1.54) is 0 Å². The Bertz CT molecular complexity index is 1310. The number of carbonyl (C=O) groups excluding carboxylic acids is 1. The van der Waals surface area contributed by atoms with Gasteiger partial charge >= 0.3 is 0 Å². The number of hydrogen-bond donors (Lipinski definition) is 0. The van der Waals surface area contributed by atoms with Gasteiger partial charge in [0, 0.05) is 19.7 Å². The Morgan fingerprint density at radius 2 is 1.52 bits per heavy atom. The van der Waals surface area contributed by atoms with Gasteiger partial charge in [-0.25, -0.2) is 0 Å². The molecule has 0 bridgehead atoms. The van der Waals surface area contributed by atoms with Crippen molar-refractivity contribution in [2.75, 3.05) is 4.90 Å². The second kappa shape index (κ2) is 10.7. The zero-order chi connectivity index (χ0) is 23.2. The normalized spacial score (nSPS) is 11.2. The lowest BCUT2D eigenvalue weighted by molar-refractivity contribution is 0.0981. The molecule has 0 aliphatic heterocycles. The average Bonchev–Trinajstić information content (AvgIpc) is 2.84. The van der Waals surface area contributed by atoms with Gasteiger partial charge in [-0.3, -0.25) is 9.69 Å². The summed E-state index contributed by atoms with van der Waals surface area (Å²) in [5.74, 6) is 6.53. The number of halogens is 2. The molecule has 2 nitrogen and oxygen atoms in total. The number of nitrogens with zero attached hydrogens (tertiary/aromatic N) is 1. The number of rotatable bonds is 4.